The van der Waals surface area contributed by atoms with Crippen molar-refractivity contribution >= 4 is 17.7 Å². The molecule has 9 nitrogen and oxygen atoms in total. The average molecular weight is 495 g/mol. The Bertz CT molecular complexity index is 1130. The minimum absolute atomic E-state index is 0.0925. The van der Waals surface area contributed by atoms with E-state index in [1.807, 2.05) is 43.3 Å². The Labute approximate surface area is 212 Å². The molecule has 0 spiro atoms. The van der Waals surface area contributed by atoms with Gasteiger partial charge in [-0.15, -0.1) is 0 Å². The number of ether oxygens (including phenoxy) is 3. The van der Waals surface area contributed by atoms with Crippen LogP contribution in [0.15, 0.2) is 47.6 Å². The number of nitrogens with zero attached hydrogens (tertiary/aromatic N) is 4. The number of hydrazone groups is 1. The molecule has 1 saturated heterocycles. The zero-order chi connectivity index (χ0) is 25.7. The number of methoxy groups -OCH3 is 2. The third-order valence-corrected chi connectivity index (χ3v) is 6.57. The fraction of sp³-hybridized carbons (Fsp3) is 0.444. The predicted octanol–water partition coefficient (Wildman–Crippen LogP) is 3.46. The Kier molecular flexibility index (Phi) is 8.10. The Morgan fingerprint density at radius 2 is 1.81 bits per heavy atom. The monoisotopic (exact) mass is 494 g/mol. The van der Waals surface area contributed by atoms with Gasteiger partial charge in [-0.3, -0.25) is 9.69 Å². The minimum Gasteiger partial charge on any atom is -0.497 e. The molecule has 0 saturated carbocycles. The van der Waals surface area contributed by atoms with Crippen LogP contribution in [-0.2, 0) is 9.53 Å². The highest BCUT2D eigenvalue weighted by Crippen LogP contribution is 2.39. The van der Waals surface area contributed by atoms with E-state index in [9.17, 15) is 9.59 Å². The second-order valence-corrected chi connectivity index (χ2v) is 8.94. The van der Waals surface area contributed by atoms with Gasteiger partial charge in [-0.05, 0) is 31.5 Å². The van der Waals surface area contributed by atoms with E-state index in [2.05, 4.69) is 11.0 Å². The van der Waals surface area contributed by atoms with Gasteiger partial charge >= 0.3 is 6.09 Å². The number of piperazine rings is 1. The lowest BCUT2D eigenvalue weighted by Crippen LogP contribution is -2.51. The molecule has 0 unspecified atom stereocenters. The van der Waals surface area contributed by atoms with Crippen molar-refractivity contribution < 1.29 is 23.8 Å². The zero-order valence-corrected chi connectivity index (χ0v) is 21.4. The summed E-state index contributed by atoms with van der Waals surface area (Å²) in [7, 11) is 3.23. The molecule has 192 valence electrons. The van der Waals surface area contributed by atoms with Gasteiger partial charge in [-0.1, -0.05) is 29.8 Å². The van der Waals surface area contributed by atoms with Gasteiger partial charge in [-0.2, -0.15) is 5.10 Å². The van der Waals surface area contributed by atoms with Gasteiger partial charge in [-0.25, -0.2) is 9.80 Å². The molecule has 2 aliphatic rings. The Morgan fingerprint density at radius 1 is 1.03 bits per heavy atom. The summed E-state index contributed by atoms with van der Waals surface area (Å²) < 4.78 is 16.1. The molecule has 1 atom stereocenters. The number of hydrogen-bond donors (Lipinski definition) is 0. The molecule has 36 heavy (non-hydrogen) atoms. The Balaban J connectivity index is 1.55. The summed E-state index contributed by atoms with van der Waals surface area (Å²) >= 11 is 0. The van der Waals surface area contributed by atoms with Gasteiger partial charge in [0.1, 0.15) is 11.5 Å². The van der Waals surface area contributed by atoms with E-state index in [-0.39, 0.29) is 24.6 Å². The van der Waals surface area contributed by atoms with E-state index in [4.69, 9.17) is 19.3 Å². The first-order valence-corrected chi connectivity index (χ1v) is 12.3. The number of benzene rings is 2. The number of aryl methyl sites for hydroxylation is 1. The van der Waals surface area contributed by atoms with E-state index in [1.54, 1.807) is 31.1 Å². The van der Waals surface area contributed by atoms with Crippen LogP contribution in [0.1, 0.15) is 36.1 Å². The summed E-state index contributed by atoms with van der Waals surface area (Å²) in [6.45, 7) is 6.66. The third kappa shape index (κ3) is 5.62. The van der Waals surface area contributed by atoms with Crippen molar-refractivity contribution in [3.05, 3.63) is 59.2 Å². The standard InChI is InChI=1S/C27H34N4O5/c1-5-36-27(33)30-13-11-29(12-14-30)18-26(32)31-24(22-10-9-21(34-3)16-25(22)35-4)17-23(28-31)20-8-6-7-19(2)15-20/h6-10,15-16,24H,5,11-14,17-18H2,1-4H3/t24-/m0/s1. The van der Waals surface area contributed by atoms with Gasteiger partial charge in [0, 0.05) is 44.2 Å². The van der Waals surface area contributed by atoms with Crippen molar-refractivity contribution in [3.63, 3.8) is 0 Å². The minimum atomic E-state index is -0.304. The Morgan fingerprint density at radius 3 is 2.47 bits per heavy atom. The predicted molar refractivity (Wildman–Crippen MR) is 137 cm³/mol. The summed E-state index contributed by atoms with van der Waals surface area (Å²) in [5, 5.41) is 6.41. The van der Waals surface area contributed by atoms with Crippen LogP contribution >= 0.6 is 0 Å². The van der Waals surface area contributed by atoms with Crippen LogP contribution in [0.25, 0.3) is 0 Å². The molecular formula is C27H34N4O5. The van der Waals surface area contributed by atoms with Crippen LogP contribution in [0, 0.1) is 6.92 Å². The topological polar surface area (TPSA) is 83.9 Å². The molecule has 2 aliphatic heterocycles. The third-order valence-electron chi connectivity index (χ3n) is 6.57. The molecule has 2 amide bonds. The number of rotatable bonds is 7. The van der Waals surface area contributed by atoms with Gasteiger partial charge < -0.3 is 19.1 Å². The van der Waals surface area contributed by atoms with Gasteiger partial charge in [0.2, 0.25) is 0 Å². The number of hydrogen-bond acceptors (Lipinski definition) is 7. The largest absolute Gasteiger partial charge is 0.497 e. The molecule has 0 aromatic heterocycles. The van der Waals surface area contributed by atoms with Crippen molar-refractivity contribution in [2.75, 3.05) is 53.6 Å². The molecule has 9 heteroatoms. The SMILES string of the molecule is CCOC(=O)N1CCN(CC(=O)N2N=C(c3cccc(C)c3)C[C@H]2c2ccc(OC)cc2OC)CC1. The van der Waals surface area contributed by atoms with Crippen LogP contribution in [0.5, 0.6) is 11.5 Å². The first kappa shape index (κ1) is 25.5. The lowest BCUT2D eigenvalue weighted by atomic mass is 9.97. The lowest BCUT2D eigenvalue weighted by Gasteiger charge is -2.34. The highest BCUT2D eigenvalue weighted by molar-refractivity contribution is 6.03. The lowest BCUT2D eigenvalue weighted by molar-refractivity contribution is -0.134. The normalized spacial score (nSPS) is 18.1. The van der Waals surface area contributed by atoms with E-state index < -0.39 is 0 Å². The molecule has 0 aliphatic carbocycles. The molecular weight excluding hydrogens is 460 g/mol. The first-order valence-electron chi connectivity index (χ1n) is 12.3. The van der Waals surface area contributed by atoms with E-state index in [0.29, 0.717) is 50.7 Å². The summed E-state index contributed by atoms with van der Waals surface area (Å²) in [5.41, 5.74) is 3.89. The van der Waals surface area contributed by atoms with Gasteiger partial charge in [0.25, 0.3) is 5.91 Å². The highest BCUT2D eigenvalue weighted by Gasteiger charge is 2.36. The smallest absolute Gasteiger partial charge is 0.409 e. The van der Waals surface area contributed by atoms with Crippen molar-refractivity contribution in [2.45, 2.75) is 26.3 Å². The van der Waals surface area contributed by atoms with Crippen LogP contribution in [0.3, 0.4) is 0 Å². The maximum atomic E-state index is 13.6. The van der Waals surface area contributed by atoms with E-state index in [1.165, 1.54) is 0 Å². The molecule has 0 bridgehead atoms. The molecule has 1 fully saturated rings. The van der Waals surface area contributed by atoms with E-state index >= 15 is 0 Å². The molecule has 2 aromatic carbocycles. The quantitative estimate of drug-likeness (QED) is 0.586. The maximum Gasteiger partial charge on any atom is 0.409 e. The summed E-state index contributed by atoms with van der Waals surface area (Å²) in [6, 6.07) is 13.5. The molecule has 2 heterocycles. The fourth-order valence-electron chi connectivity index (χ4n) is 4.64. The van der Waals surface area contributed by atoms with E-state index in [0.717, 1.165) is 22.4 Å². The molecule has 2 aromatic rings. The summed E-state index contributed by atoms with van der Waals surface area (Å²) in [6.07, 6.45) is 0.274. The van der Waals surface area contributed by atoms with Crippen LogP contribution in [0.2, 0.25) is 0 Å². The fourth-order valence-corrected chi connectivity index (χ4v) is 4.64. The Hall–Kier alpha value is -3.59. The highest BCUT2D eigenvalue weighted by atomic mass is 16.6. The molecule has 0 N–H and O–H groups in total. The number of carbonyl (C=O) groups excluding carboxylic acids is 2. The van der Waals surface area contributed by atoms with Crippen molar-refractivity contribution in [3.8, 4) is 11.5 Å². The van der Waals surface area contributed by atoms with Crippen LogP contribution < -0.4 is 9.47 Å². The average Bonchev–Trinajstić information content (AvgIpc) is 3.34. The summed E-state index contributed by atoms with van der Waals surface area (Å²) in [4.78, 5) is 29.3. The summed E-state index contributed by atoms with van der Waals surface area (Å²) in [5.74, 6) is 1.25. The number of carbonyl (C=O) groups is 2. The van der Waals surface area contributed by atoms with Gasteiger partial charge in [0.05, 0.1) is 39.1 Å². The molecule has 0 radical (unpaired) electrons. The van der Waals surface area contributed by atoms with Crippen molar-refractivity contribution in [1.29, 1.82) is 0 Å². The second-order valence-electron chi connectivity index (χ2n) is 8.94. The van der Waals surface area contributed by atoms with Crippen LogP contribution in [-0.4, -0.2) is 86.1 Å². The zero-order valence-electron chi connectivity index (χ0n) is 21.4. The first-order chi connectivity index (χ1) is 17.4. The van der Waals surface area contributed by atoms with Crippen LogP contribution in [0.4, 0.5) is 4.79 Å². The molecule has 4 rings (SSSR count). The number of amides is 2. The van der Waals surface area contributed by atoms with Crippen molar-refractivity contribution in [1.82, 2.24) is 14.8 Å². The van der Waals surface area contributed by atoms with Crippen molar-refractivity contribution in [2.24, 2.45) is 5.10 Å². The second kappa shape index (κ2) is 11.4. The maximum absolute atomic E-state index is 13.6. The van der Waals surface area contributed by atoms with Gasteiger partial charge in [0.15, 0.2) is 0 Å².